The van der Waals surface area contributed by atoms with Crippen molar-refractivity contribution in [1.82, 2.24) is 24.6 Å². The minimum Gasteiger partial charge on any atom is -0.388 e. The second kappa shape index (κ2) is 5.73. The summed E-state index contributed by atoms with van der Waals surface area (Å²) < 4.78 is 1.81. The lowest BCUT2D eigenvalue weighted by molar-refractivity contribution is -0.0260. The Bertz CT molecular complexity index is 748. The first kappa shape index (κ1) is 15.4. The van der Waals surface area contributed by atoms with Crippen molar-refractivity contribution in [3.63, 3.8) is 0 Å². The quantitative estimate of drug-likeness (QED) is 0.883. The topological polar surface area (TPSA) is 87.0 Å². The van der Waals surface area contributed by atoms with Crippen molar-refractivity contribution in [2.45, 2.75) is 43.6 Å². The van der Waals surface area contributed by atoms with Gasteiger partial charge in [0.2, 0.25) is 0 Å². The molecule has 1 atom stereocenters. The number of piperidine rings is 1. The van der Waals surface area contributed by atoms with Crippen LogP contribution in [-0.2, 0) is 13.5 Å². The summed E-state index contributed by atoms with van der Waals surface area (Å²) in [7, 11) is 1.87. The van der Waals surface area contributed by atoms with Crippen LogP contribution in [0.25, 0.3) is 0 Å². The zero-order valence-electron chi connectivity index (χ0n) is 13.9. The lowest BCUT2D eigenvalue weighted by Crippen LogP contribution is -2.52. The van der Waals surface area contributed by atoms with Gasteiger partial charge >= 0.3 is 0 Å². The predicted octanol–water partition coefficient (Wildman–Crippen LogP) is 1.23. The van der Waals surface area contributed by atoms with Crippen LogP contribution in [-0.4, -0.2) is 54.4 Å². The van der Waals surface area contributed by atoms with Gasteiger partial charge in [-0.25, -0.2) is 0 Å². The number of carbonyl (C=O) groups is 1. The van der Waals surface area contributed by atoms with Gasteiger partial charge in [-0.1, -0.05) is 0 Å². The molecule has 24 heavy (non-hydrogen) atoms. The van der Waals surface area contributed by atoms with E-state index in [1.54, 1.807) is 11.2 Å². The van der Waals surface area contributed by atoms with Crippen LogP contribution in [0.1, 0.15) is 53.5 Å². The second-order valence-electron chi connectivity index (χ2n) is 7.17. The van der Waals surface area contributed by atoms with Crippen molar-refractivity contribution in [2.75, 3.05) is 13.1 Å². The maximum Gasteiger partial charge on any atom is 0.270 e. The number of hydrogen-bond donors (Lipinski definition) is 2. The highest BCUT2D eigenvalue weighted by Gasteiger charge is 2.38. The number of amides is 1. The van der Waals surface area contributed by atoms with Crippen molar-refractivity contribution in [1.29, 1.82) is 0 Å². The zero-order valence-corrected chi connectivity index (χ0v) is 13.9. The maximum atomic E-state index is 12.9. The Labute approximate surface area is 140 Å². The van der Waals surface area contributed by atoms with Crippen LogP contribution in [0.4, 0.5) is 0 Å². The van der Waals surface area contributed by atoms with Crippen LogP contribution in [0, 0.1) is 0 Å². The molecule has 7 nitrogen and oxygen atoms in total. The molecule has 0 bridgehead atoms. The molecule has 2 aliphatic rings. The Balaban J connectivity index is 1.50. The average Bonchev–Trinajstić information content (AvgIpc) is 3.16. The summed E-state index contributed by atoms with van der Waals surface area (Å²) in [6.45, 7) is 1.02. The van der Waals surface area contributed by atoms with Crippen molar-refractivity contribution >= 4 is 5.91 Å². The number of hydrogen-bond acceptors (Lipinski definition) is 4. The first-order valence-electron chi connectivity index (χ1n) is 8.57. The van der Waals surface area contributed by atoms with Gasteiger partial charge in [-0.05, 0) is 43.2 Å². The Kier molecular flexibility index (Phi) is 3.68. The Morgan fingerprint density at radius 3 is 3.04 bits per heavy atom. The molecule has 1 amide bonds. The number of aromatic nitrogens is 4. The van der Waals surface area contributed by atoms with Gasteiger partial charge in [0.05, 0.1) is 12.1 Å². The lowest BCUT2D eigenvalue weighted by atomic mass is 9.89. The molecule has 1 aliphatic heterocycles. The number of carbonyl (C=O) groups excluding carboxylic acids is 1. The number of aryl methyl sites for hydroxylation is 1. The molecule has 0 spiro atoms. The molecule has 128 valence electrons. The third kappa shape index (κ3) is 2.84. The first-order chi connectivity index (χ1) is 11.6. The summed E-state index contributed by atoms with van der Waals surface area (Å²) in [4.78, 5) is 17.8. The Hall–Kier alpha value is -2.15. The van der Waals surface area contributed by atoms with E-state index in [1.807, 2.05) is 23.9 Å². The first-order valence-corrected chi connectivity index (χ1v) is 8.57. The maximum absolute atomic E-state index is 12.9. The number of nitrogens with zero attached hydrogens (tertiary/aromatic N) is 4. The largest absolute Gasteiger partial charge is 0.388 e. The smallest absolute Gasteiger partial charge is 0.270 e. The van der Waals surface area contributed by atoms with Gasteiger partial charge in [0.1, 0.15) is 17.8 Å². The molecule has 2 N–H and O–H groups in total. The molecular formula is C17H23N5O2. The monoisotopic (exact) mass is 329 g/mol. The highest BCUT2D eigenvalue weighted by atomic mass is 16.3. The minimum absolute atomic E-state index is 0.00186. The summed E-state index contributed by atoms with van der Waals surface area (Å²) in [5.74, 6) is 1.26. The van der Waals surface area contributed by atoms with Gasteiger partial charge in [0, 0.05) is 26.2 Å². The normalized spacial score (nSPS) is 24.3. The average molecular weight is 329 g/mol. The highest BCUT2D eigenvalue weighted by molar-refractivity contribution is 5.94. The molecule has 2 aromatic heterocycles. The van der Waals surface area contributed by atoms with Crippen LogP contribution in [0.3, 0.4) is 0 Å². The van der Waals surface area contributed by atoms with E-state index in [9.17, 15) is 9.90 Å². The molecule has 2 fully saturated rings. The second-order valence-corrected chi connectivity index (χ2v) is 7.17. The summed E-state index contributed by atoms with van der Waals surface area (Å²) >= 11 is 0. The summed E-state index contributed by atoms with van der Waals surface area (Å²) in [6.07, 6.45) is 7.67. The van der Waals surface area contributed by atoms with Crippen molar-refractivity contribution in [3.05, 3.63) is 35.7 Å². The van der Waals surface area contributed by atoms with Crippen LogP contribution >= 0.6 is 0 Å². The van der Waals surface area contributed by atoms with Crippen LogP contribution in [0.15, 0.2) is 18.6 Å². The molecule has 0 aromatic carbocycles. The number of likely N-dealkylation sites (tertiary alicyclic amines) is 1. The van der Waals surface area contributed by atoms with Crippen LogP contribution in [0.2, 0.25) is 0 Å². The third-order valence-electron chi connectivity index (χ3n) is 5.15. The zero-order chi connectivity index (χ0) is 16.7. The van der Waals surface area contributed by atoms with Crippen molar-refractivity contribution < 1.29 is 9.90 Å². The lowest BCUT2D eigenvalue weighted by Gasteiger charge is -2.39. The molecule has 1 saturated carbocycles. The van der Waals surface area contributed by atoms with Crippen molar-refractivity contribution in [2.24, 2.45) is 7.05 Å². The molecule has 4 rings (SSSR count). The van der Waals surface area contributed by atoms with Crippen molar-refractivity contribution in [3.8, 4) is 0 Å². The van der Waals surface area contributed by atoms with E-state index in [2.05, 4.69) is 15.2 Å². The SMILES string of the molecule is Cn1cnnc1CC1(O)CCCN(C(=O)c2[nH]ccc2C2CC2)C1. The van der Waals surface area contributed by atoms with Gasteiger partial charge < -0.3 is 19.6 Å². The third-order valence-corrected chi connectivity index (χ3v) is 5.15. The van der Waals surface area contributed by atoms with E-state index in [0.717, 1.165) is 30.7 Å². The number of aliphatic hydroxyl groups is 1. The molecule has 7 heteroatoms. The van der Waals surface area contributed by atoms with E-state index in [4.69, 9.17) is 0 Å². The number of β-amino-alcohol motifs (C(OH)–C–C–N with tert-alkyl or cyclic N) is 1. The fraction of sp³-hybridized carbons (Fsp3) is 0.588. The van der Waals surface area contributed by atoms with Gasteiger partial charge in [-0.2, -0.15) is 0 Å². The molecular weight excluding hydrogens is 306 g/mol. The van der Waals surface area contributed by atoms with Gasteiger partial charge in [0.15, 0.2) is 0 Å². The molecule has 1 unspecified atom stereocenters. The molecule has 2 aromatic rings. The molecule has 0 radical (unpaired) electrons. The van der Waals surface area contributed by atoms with E-state index in [-0.39, 0.29) is 5.91 Å². The minimum atomic E-state index is -0.943. The fourth-order valence-electron chi connectivity index (χ4n) is 3.65. The summed E-state index contributed by atoms with van der Waals surface area (Å²) in [5.41, 5.74) is 0.879. The van der Waals surface area contributed by atoms with Gasteiger partial charge in [0.25, 0.3) is 5.91 Å². The number of rotatable bonds is 4. The molecule has 3 heterocycles. The van der Waals surface area contributed by atoms with E-state index in [1.165, 1.54) is 0 Å². The number of H-pyrrole nitrogens is 1. The van der Waals surface area contributed by atoms with E-state index < -0.39 is 5.60 Å². The standard InChI is InChI=1S/C17H23N5O2/c1-21-11-19-20-14(21)9-17(24)6-2-8-22(10-17)16(23)15-13(5-7-18-15)12-3-4-12/h5,7,11-12,18,24H,2-4,6,8-10H2,1H3. The number of nitrogens with one attached hydrogen (secondary N) is 1. The van der Waals surface area contributed by atoms with Crippen LogP contribution in [0.5, 0.6) is 0 Å². The fourth-order valence-corrected chi connectivity index (χ4v) is 3.65. The number of aromatic amines is 1. The molecule has 1 aliphatic carbocycles. The Morgan fingerprint density at radius 1 is 1.50 bits per heavy atom. The Morgan fingerprint density at radius 2 is 2.33 bits per heavy atom. The molecule has 1 saturated heterocycles. The summed E-state index contributed by atoms with van der Waals surface area (Å²) in [6, 6.07) is 2.01. The van der Waals surface area contributed by atoms with Gasteiger partial charge in [-0.3, -0.25) is 4.79 Å². The summed E-state index contributed by atoms with van der Waals surface area (Å²) in [5, 5.41) is 18.9. The van der Waals surface area contributed by atoms with E-state index >= 15 is 0 Å². The highest BCUT2D eigenvalue weighted by Crippen LogP contribution is 2.41. The van der Waals surface area contributed by atoms with Crippen LogP contribution < -0.4 is 0 Å². The van der Waals surface area contributed by atoms with Gasteiger partial charge in [-0.15, -0.1) is 10.2 Å². The predicted molar refractivity (Wildman–Crippen MR) is 87.6 cm³/mol. The van der Waals surface area contributed by atoms with E-state index in [0.29, 0.717) is 37.5 Å².